The van der Waals surface area contributed by atoms with Gasteiger partial charge < -0.3 is 15.0 Å². The van der Waals surface area contributed by atoms with Gasteiger partial charge >= 0.3 is 0 Å². The number of amides is 2. The van der Waals surface area contributed by atoms with Gasteiger partial charge in [0.2, 0.25) is 11.8 Å². The van der Waals surface area contributed by atoms with Crippen molar-refractivity contribution in [3.63, 3.8) is 0 Å². The number of rotatable bonds is 11. The maximum absolute atomic E-state index is 13.7. The number of sulfonamides is 1. The van der Waals surface area contributed by atoms with E-state index in [1.54, 1.807) is 31.2 Å². The molecule has 0 heterocycles. The Hall–Kier alpha value is -3.44. The van der Waals surface area contributed by atoms with Gasteiger partial charge in [-0.3, -0.25) is 13.9 Å². The molecule has 1 atom stereocenters. The normalized spacial score (nSPS) is 11.9. The van der Waals surface area contributed by atoms with Gasteiger partial charge in [0, 0.05) is 18.1 Å². The summed E-state index contributed by atoms with van der Waals surface area (Å²) in [4.78, 5) is 27.4. The van der Waals surface area contributed by atoms with Crippen molar-refractivity contribution in [1.82, 2.24) is 10.2 Å². The average molecular weight is 607 g/mol. The highest BCUT2D eigenvalue weighted by molar-refractivity contribution is 9.10. The van der Waals surface area contributed by atoms with Crippen LogP contribution in [-0.2, 0) is 26.2 Å². The molecule has 11 heteroatoms. The third-order valence-corrected chi connectivity index (χ3v) is 8.11. The average Bonchev–Trinajstić information content (AvgIpc) is 2.91. The number of hydrogen-bond acceptors (Lipinski definition) is 5. The minimum atomic E-state index is -4.28. The second-order valence-corrected chi connectivity index (χ2v) is 11.1. The second kappa shape index (κ2) is 12.9. The molecule has 0 saturated carbocycles. The number of halogens is 2. The summed E-state index contributed by atoms with van der Waals surface area (Å²) in [6.45, 7) is 3.31. The molecule has 0 aromatic heterocycles. The highest BCUT2D eigenvalue weighted by Crippen LogP contribution is 2.27. The summed E-state index contributed by atoms with van der Waals surface area (Å²) in [6.07, 6.45) is 0. The van der Waals surface area contributed by atoms with Gasteiger partial charge in [0.25, 0.3) is 10.0 Å². The third-order valence-electron chi connectivity index (χ3n) is 5.80. The van der Waals surface area contributed by atoms with Crippen LogP contribution in [0.3, 0.4) is 0 Å². The molecule has 0 spiro atoms. The van der Waals surface area contributed by atoms with Crippen molar-refractivity contribution in [2.24, 2.45) is 0 Å². The molecule has 0 aliphatic heterocycles. The Bertz CT molecular complexity index is 1350. The molecule has 0 radical (unpaired) electrons. The summed E-state index contributed by atoms with van der Waals surface area (Å²) in [5.41, 5.74) is 0.966. The zero-order valence-corrected chi connectivity index (χ0v) is 23.6. The van der Waals surface area contributed by atoms with E-state index in [0.717, 1.165) is 38.6 Å². The smallest absolute Gasteiger partial charge is 0.264 e. The van der Waals surface area contributed by atoms with Crippen LogP contribution in [-0.4, -0.2) is 51.4 Å². The fourth-order valence-corrected chi connectivity index (χ4v) is 5.39. The first-order valence-corrected chi connectivity index (χ1v) is 14.1. The van der Waals surface area contributed by atoms with E-state index in [4.69, 9.17) is 4.74 Å². The third kappa shape index (κ3) is 7.11. The van der Waals surface area contributed by atoms with Crippen LogP contribution in [0.5, 0.6) is 5.75 Å². The Morgan fingerprint density at radius 3 is 2.16 bits per heavy atom. The fraction of sp³-hybridized carbons (Fsp3) is 0.259. The van der Waals surface area contributed by atoms with Crippen molar-refractivity contribution in [3.05, 3.63) is 88.6 Å². The molecule has 0 bridgehead atoms. The molecule has 3 rings (SSSR count). The van der Waals surface area contributed by atoms with Crippen molar-refractivity contribution in [2.75, 3.05) is 24.5 Å². The summed E-state index contributed by atoms with van der Waals surface area (Å²) in [5.74, 6) is -1.05. The van der Waals surface area contributed by atoms with Crippen LogP contribution in [0.15, 0.2) is 82.2 Å². The number of carbonyl (C=O) groups is 2. The lowest BCUT2D eigenvalue weighted by molar-refractivity contribution is -0.139. The first-order valence-electron chi connectivity index (χ1n) is 11.8. The minimum Gasteiger partial charge on any atom is -0.494 e. The number of likely N-dealkylation sites (N-methyl/N-ethyl adjacent to an activating group) is 1. The van der Waals surface area contributed by atoms with E-state index in [0.29, 0.717) is 12.4 Å². The van der Waals surface area contributed by atoms with Crippen LogP contribution in [0.25, 0.3) is 0 Å². The number of anilines is 1. The summed E-state index contributed by atoms with van der Waals surface area (Å²) in [6, 6.07) is 17.0. The van der Waals surface area contributed by atoms with Crippen LogP contribution in [0.1, 0.15) is 19.4 Å². The number of benzene rings is 3. The summed E-state index contributed by atoms with van der Waals surface area (Å²) >= 11 is 3.38. The standard InChI is InChI=1S/C27H29BrFN3O5S/c1-4-37-24-13-11-23(12-14-24)32(38(35,36)25-15-9-22(29)10-16-25)18-26(33)31(19(2)27(34)30-3)17-20-5-7-21(28)8-6-20/h5-16,19H,4,17-18H2,1-3H3,(H,30,34). The van der Waals surface area contributed by atoms with Crippen LogP contribution in [0.4, 0.5) is 10.1 Å². The molecular formula is C27H29BrFN3O5S. The lowest BCUT2D eigenvalue weighted by atomic mass is 10.1. The van der Waals surface area contributed by atoms with Gasteiger partial charge in [-0.25, -0.2) is 12.8 Å². The van der Waals surface area contributed by atoms with E-state index in [2.05, 4.69) is 21.2 Å². The largest absolute Gasteiger partial charge is 0.494 e. The summed E-state index contributed by atoms with van der Waals surface area (Å²) in [7, 11) is -2.82. The number of nitrogens with zero attached hydrogens (tertiary/aromatic N) is 2. The Kier molecular flexibility index (Phi) is 9.87. The molecule has 0 aliphatic carbocycles. The fourth-order valence-electron chi connectivity index (χ4n) is 3.72. The minimum absolute atomic E-state index is 0.0778. The topological polar surface area (TPSA) is 96.0 Å². The maximum atomic E-state index is 13.7. The van der Waals surface area contributed by atoms with Gasteiger partial charge in [0.1, 0.15) is 24.2 Å². The van der Waals surface area contributed by atoms with Gasteiger partial charge in [-0.05, 0) is 80.1 Å². The molecule has 0 fully saturated rings. The van der Waals surface area contributed by atoms with Crippen LogP contribution in [0.2, 0.25) is 0 Å². The van der Waals surface area contributed by atoms with Crippen molar-refractivity contribution >= 4 is 43.5 Å². The van der Waals surface area contributed by atoms with Crippen molar-refractivity contribution in [1.29, 1.82) is 0 Å². The molecule has 1 N–H and O–H groups in total. The van der Waals surface area contributed by atoms with Gasteiger partial charge in [-0.2, -0.15) is 0 Å². The van der Waals surface area contributed by atoms with E-state index in [9.17, 15) is 22.4 Å². The summed E-state index contributed by atoms with van der Waals surface area (Å²) < 4.78 is 48.2. The first-order chi connectivity index (χ1) is 18.1. The number of nitrogens with one attached hydrogen (secondary N) is 1. The predicted molar refractivity (Wildman–Crippen MR) is 147 cm³/mol. The van der Waals surface area contributed by atoms with Crippen LogP contribution in [0, 0.1) is 5.82 Å². The molecule has 0 saturated heterocycles. The molecular weight excluding hydrogens is 577 g/mol. The SMILES string of the molecule is CCOc1ccc(N(CC(=O)N(Cc2ccc(Br)cc2)C(C)C(=O)NC)S(=O)(=O)c2ccc(F)cc2)cc1. The number of ether oxygens (including phenoxy) is 1. The molecule has 1 unspecified atom stereocenters. The monoisotopic (exact) mass is 605 g/mol. The van der Waals surface area contributed by atoms with E-state index >= 15 is 0 Å². The molecule has 3 aromatic carbocycles. The van der Waals surface area contributed by atoms with Crippen molar-refractivity contribution in [2.45, 2.75) is 31.3 Å². The number of carbonyl (C=O) groups excluding carboxylic acids is 2. The lowest BCUT2D eigenvalue weighted by Gasteiger charge is -2.31. The number of hydrogen-bond donors (Lipinski definition) is 1. The highest BCUT2D eigenvalue weighted by atomic mass is 79.9. The Balaban J connectivity index is 2.02. The maximum Gasteiger partial charge on any atom is 0.264 e. The lowest BCUT2D eigenvalue weighted by Crippen LogP contribution is -2.50. The van der Waals surface area contributed by atoms with Gasteiger partial charge in [-0.1, -0.05) is 28.1 Å². The van der Waals surface area contributed by atoms with Gasteiger partial charge in [0.15, 0.2) is 0 Å². The van der Waals surface area contributed by atoms with Crippen LogP contribution >= 0.6 is 15.9 Å². The Labute approximate surface area is 230 Å². The zero-order chi connectivity index (χ0) is 27.9. The van der Waals surface area contributed by atoms with E-state index in [1.807, 2.05) is 19.1 Å². The van der Waals surface area contributed by atoms with E-state index in [1.165, 1.54) is 24.1 Å². The Morgan fingerprint density at radius 1 is 1.00 bits per heavy atom. The zero-order valence-electron chi connectivity index (χ0n) is 21.2. The Morgan fingerprint density at radius 2 is 1.61 bits per heavy atom. The molecule has 2 amide bonds. The predicted octanol–water partition coefficient (Wildman–Crippen LogP) is 4.35. The second-order valence-electron chi connectivity index (χ2n) is 8.33. The molecule has 0 aliphatic rings. The van der Waals surface area contributed by atoms with Gasteiger partial charge in [-0.15, -0.1) is 0 Å². The molecule has 3 aromatic rings. The first kappa shape index (κ1) is 29.1. The molecule has 202 valence electrons. The van der Waals surface area contributed by atoms with Crippen molar-refractivity contribution < 1.29 is 27.1 Å². The van der Waals surface area contributed by atoms with E-state index in [-0.39, 0.29) is 17.1 Å². The van der Waals surface area contributed by atoms with Gasteiger partial charge in [0.05, 0.1) is 17.2 Å². The molecule has 38 heavy (non-hydrogen) atoms. The summed E-state index contributed by atoms with van der Waals surface area (Å²) in [5, 5.41) is 2.54. The van der Waals surface area contributed by atoms with Crippen LogP contribution < -0.4 is 14.4 Å². The quantitative estimate of drug-likeness (QED) is 0.351. The van der Waals surface area contributed by atoms with E-state index < -0.39 is 40.2 Å². The molecule has 8 nitrogen and oxygen atoms in total. The van der Waals surface area contributed by atoms with Crippen molar-refractivity contribution in [3.8, 4) is 5.75 Å². The highest BCUT2D eigenvalue weighted by Gasteiger charge is 2.32.